The van der Waals surface area contributed by atoms with Crippen molar-refractivity contribution >= 4 is 28.1 Å². The van der Waals surface area contributed by atoms with E-state index in [1.165, 1.54) is 0 Å². The summed E-state index contributed by atoms with van der Waals surface area (Å²) in [5, 5.41) is 2.73. The van der Waals surface area contributed by atoms with E-state index in [0.717, 1.165) is 33.2 Å². The molecule has 0 bridgehead atoms. The van der Waals surface area contributed by atoms with Crippen molar-refractivity contribution in [3.05, 3.63) is 59.4 Å². The predicted molar refractivity (Wildman–Crippen MR) is 81.3 cm³/mol. The smallest absolute Gasteiger partial charge is 0.0667 e. The van der Waals surface area contributed by atoms with Crippen LogP contribution in [0.5, 0.6) is 0 Å². The number of pyridine rings is 1. The summed E-state index contributed by atoms with van der Waals surface area (Å²) < 4.78 is 0. The zero-order valence-corrected chi connectivity index (χ0v) is 11.3. The Morgan fingerprint density at radius 3 is 2.53 bits per heavy atom. The summed E-state index contributed by atoms with van der Waals surface area (Å²) in [5.74, 6) is 0. The van der Waals surface area contributed by atoms with Crippen molar-refractivity contribution in [3.8, 4) is 11.1 Å². The Kier molecular flexibility index (Phi) is 2.88. The molecule has 1 aromatic heterocycles. The maximum atomic E-state index is 6.19. The molecule has 0 saturated heterocycles. The Morgan fingerprint density at radius 2 is 1.74 bits per heavy atom. The van der Waals surface area contributed by atoms with E-state index in [1.807, 2.05) is 31.3 Å². The topological polar surface area (TPSA) is 38.9 Å². The van der Waals surface area contributed by atoms with Gasteiger partial charge in [-0.1, -0.05) is 29.8 Å². The van der Waals surface area contributed by atoms with Gasteiger partial charge in [0, 0.05) is 28.9 Å². The molecular weight excluding hydrogens is 256 g/mol. The van der Waals surface area contributed by atoms with Gasteiger partial charge in [-0.2, -0.15) is 0 Å². The summed E-state index contributed by atoms with van der Waals surface area (Å²) in [6, 6.07) is 12.2. The molecule has 0 aliphatic carbocycles. The SMILES string of the molecule is Cc1cc(-c2ccc3cncc(Cl)c3c2)ccc1N. The third-order valence-corrected chi connectivity index (χ3v) is 3.62. The van der Waals surface area contributed by atoms with Crippen molar-refractivity contribution in [1.29, 1.82) is 0 Å². The van der Waals surface area contributed by atoms with Crippen LogP contribution in [0.3, 0.4) is 0 Å². The number of hydrogen-bond acceptors (Lipinski definition) is 2. The molecule has 3 rings (SSSR count). The molecule has 2 aromatic carbocycles. The van der Waals surface area contributed by atoms with Gasteiger partial charge in [-0.3, -0.25) is 4.98 Å². The molecule has 0 saturated carbocycles. The quantitative estimate of drug-likeness (QED) is 0.663. The van der Waals surface area contributed by atoms with Crippen LogP contribution in [0.4, 0.5) is 5.69 Å². The minimum atomic E-state index is 0.673. The van der Waals surface area contributed by atoms with Crippen molar-refractivity contribution in [2.24, 2.45) is 0 Å². The van der Waals surface area contributed by atoms with Crippen LogP contribution >= 0.6 is 11.6 Å². The minimum absolute atomic E-state index is 0.673. The minimum Gasteiger partial charge on any atom is -0.399 e. The highest BCUT2D eigenvalue weighted by molar-refractivity contribution is 6.35. The lowest BCUT2D eigenvalue weighted by Gasteiger charge is -2.07. The Bertz CT molecular complexity index is 766. The Morgan fingerprint density at radius 1 is 1.00 bits per heavy atom. The summed E-state index contributed by atoms with van der Waals surface area (Å²) in [6.45, 7) is 2.01. The number of aryl methyl sites for hydroxylation is 1. The Labute approximate surface area is 116 Å². The number of halogens is 1. The van der Waals surface area contributed by atoms with E-state index in [2.05, 4.69) is 23.2 Å². The first-order valence-corrected chi connectivity index (χ1v) is 6.43. The van der Waals surface area contributed by atoms with Gasteiger partial charge < -0.3 is 5.73 Å². The lowest BCUT2D eigenvalue weighted by molar-refractivity contribution is 1.36. The van der Waals surface area contributed by atoms with Crippen LogP contribution in [0.1, 0.15) is 5.56 Å². The van der Waals surface area contributed by atoms with Crippen LogP contribution in [-0.4, -0.2) is 4.98 Å². The van der Waals surface area contributed by atoms with E-state index in [-0.39, 0.29) is 0 Å². The van der Waals surface area contributed by atoms with Crippen LogP contribution in [0.2, 0.25) is 5.02 Å². The van der Waals surface area contributed by atoms with Crippen molar-refractivity contribution in [2.75, 3.05) is 5.73 Å². The second-order valence-corrected chi connectivity index (χ2v) is 5.04. The molecule has 0 aliphatic rings. The first-order chi connectivity index (χ1) is 9.15. The Hall–Kier alpha value is -2.06. The molecule has 0 fully saturated rings. The molecule has 2 N–H and O–H groups in total. The van der Waals surface area contributed by atoms with Gasteiger partial charge in [0.2, 0.25) is 0 Å². The molecular formula is C16H13ClN2. The van der Waals surface area contributed by atoms with E-state index in [4.69, 9.17) is 17.3 Å². The van der Waals surface area contributed by atoms with Gasteiger partial charge in [-0.25, -0.2) is 0 Å². The van der Waals surface area contributed by atoms with Gasteiger partial charge in [-0.05, 0) is 41.8 Å². The van der Waals surface area contributed by atoms with Crippen LogP contribution in [0, 0.1) is 6.92 Å². The average Bonchev–Trinajstić information content (AvgIpc) is 2.42. The van der Waals surface area contributed by atoms with Gasteiger partial charge in [0.15, 0.2) is 0 Å². The zero-order valence-electron chi connectivity index (χ0n) is 10.5. The molecule has 19 heavy (non-hydrogen) atoms. The summed E-state index contributed by atoms with van der Waals surface area (Å²) in [5.41, 5.74) is 10.0. The molecule has 0 radical (unpaired) electrons. The van der Waals surface area contributed by atoms with Crippen LogP contribution in [0.15, 0.2) is 48.8 Å². The number of benzene rings is 2. The Balaban J connectivity index is 2.20. The maximum absolute atomic E-state index is 6.19. The molecule has 0 unspecified atom stereocenters. The molecule has 94 valence electrons. The van der Waals surface area contributed by atoms with Crippen molar-refractivity contribution in [1.82, 2.24) is 4.98 Å². The number of nitrogen functional groups attached to an aromatic ring is 1. The summed E-state index contributed by atoms with van der Waals surface area (Å²) in [6.07, 6.45) is 3.49. The largest absolute Gasteiger partial charge is 0.399 e. The third kappa shape index (κ3) is 2.15. The highest BCUT2D eigenvalue weighted by atomic mass is 35.5. The lowest BCUT2D eigenvalue weighted by atomic mass is 10.00. The molecule has 3 aromatic rings. The van der Waals surface area contributed by atoms with Crippen molar-refractivity contribution in [3.63, 3.8) is 0 Å². The second kappa shape index (κ2) is 4.56. The molecule has 1 heterocycles. The zero-order chi connectivity index (χ0) is 13.4. The molecule has 0 atom stereocenters. The fourth-order valence-corrected chi connectivity index (χ4v) is 2.38. The van der Waals surface area contributed by atoms with Crippen LogP contribution in [0.25, 0.3) is 21.9 Å². The summed E-state index contributed by atoms with van der Waals surface area (Å²) in [4.78, 5) is 4.09. The fourth-order valence-electron chi connectivity index (χ4n) is 2.16. The molecule has 0 aliphatic heterocycles. The number of fused-ring (bicyclic) bond motifs is 1. The molecule has 0 amide bonds. The van der Waals surface area contributed by atoms with Gasteiger partial charge >= 0.3 is 0 Å². The average molecular weight is 269 g/mol. The summed E-state index contributed by atoms with van der Waals surface area (Å²) >= 11 is 6.19. The molecule has 2 nitrogen and oxygen atoms in total. The summed E-state index contributed by atoms with van der Waals surface area (Å²) in [7, 11) is 0. The highest BCUT2D eigenvalue weighted by Crippen LogP contribution is 2.29. The number of anilines is 1. The molecule has 0 spiro atoms. The van der Waals surface area contributed by atoms with E-state index in [1.54, 1.807) is 6.20 Å². The number of hydrogen-bond donors (Lipinski definition) is 1. The van der Waals surface area contributed by atoms with Crippen LogP contribution in [-0.2, 0) is 0 Å². The predicted octanol–water partition coefficient (Wildman–Crippen LogP) is 4.45. The normalized spacial score (nSPS) is 10.8. The number of nitrogens with two attached hydrogens (primary N) is 1. The van der Waals surface area contributed by atoms with Gasteiger partial charge in [0.05, 0.1) is 5.02 Å². The monoisotopic (exact) mass is 268 g/mol. The van der Waals surface area contributed by atoms with Crippen molar-refractivity contribution in [2.45, 2.75) is 6.92 Å². The van der Waals surface area contributed by atoms with E-state index >= 15 is 0 Å². The van der Waals surface area contributed by atoms with E-state index < -0.39 is 0 Å². The van der Waals surface area contributed by atoms with E-state index in [9.17, 15) is 0 Å². The van der Waals surface area contributed by atoms with Gasteiger partial charge in [0.1, 0.15) is 0 Å². The first-order valence-electron chi connectivity index (χ1n) is 6.05. The maximum Gasteiger partial charge on any atom is 0.0667 e. The van der Waals surface area contributed by atoms with Gasteiger partial charge in [-0.15, -0.1) is 0 Å². The number of aromatic nitrogens is 1. The standard InChI is InChI=1S/C16H13ClN2/c1-10-6-11(4-5-16(10)18)12-2-3-13-8-19-9-15(17)14(13)7-12/h2-9H,18H2,1H3. The lowest BCUT2D eigenvalue weighted by Crippen LogP contribution is -1.89. The highest BCUT2D eigenvalue weighted by Gasteiger charge is 2.04. The van der Waals surface area contributed by atoms with Crippen LogP contribution < -0.4 is 5.73 Å². The second-order valence-electron chi connectivity index (χ2n) is 4.63. The third-order valence-electron chi connectivity index (χ3n) is 3.32. The van der Waals surface area contributed by atoms with Crippen molar-refractivity contribution < 1.29 is 0 Å². The number of rotatable bonds is 1. The van der Waals surface area contributed by atoms with Gasteiger partial charge in [0.25, 0.3) is 0 Å². The number of nitrogens with zero attached hydrogens (tertiary/aromatic N) is 1. The molecule has 3 heteroatoms. The first kappa shape index (κ1) is 12.0. The van der Waals surface area contributed by atoms with E-state index in [0.29, 0.717) is 5.02 Å². The fraction of sp³-hybridized carbons (Fsp3) is 0.0625.